The number of nitrogens with one attached hydrogen (secondary N) is 1. The van der Waals surface area contributed by atoms with Gasteiger partial charge in [-0.3, -0.25) is 19.3 Å². The fourth-order valence-electron chi connectivity index (χ4n) is 2.80. The molecule has 2 aromatic rings. The molecule has 5 nitrogen and oxygen atoms in total. The van der Waals surface area contributed by atoms with E-state index in [1.54, 1.807) is 12.1 Å². The molecule has 0 aliphatic carbocycles. The summed E-state index contributed by atoms with van der Waals surface area (Å²) in [6, 6.07) is 13.4. The Morgan fingerprint density at radius 2 is 1.79 bits per heavy atom. The van der Waals surface area contributed by atoms with E-state index >= 15 is 0 Å². The molecule has 1 aliphatic heterocycles. The Morgan fingerprint density at radius 3 is 2.43 bits per heavy atom. The first-order valence-corrected chi connectivity index (χ1v) is 9.90. The van der Waals surface area contributed by atoms with E-state index in [2.05, 4.69) is 12.2 Å². The van der Waals surface area contributed by atoms with Crippen LogP contribution in [0.2, 0.25) is 0 Å². The minimum Gasteiger partial charge on any atom is -0.325 e. The summed E-state index contributed by atoms with van der Waals surface area (Å²) in [5, 5.41) is 2.31. The van der Waals surface area contributed by atoms with E-state index in [1.807, 2.05) is 50.2 Å². The number of carbonyl (C=O) groups excluding carboxylic acids is 3. The zero-order valence-electron chi connectivity index (χ0n) is 16.1. The Kier molecular flexibility index (Phi) is 5.99. The van der Waals surface area contributed by atoms with E-state index in [1.165, 1.54) is 5.56 Å². The van der Waals surface area contributed by atoms with E-state index in [0.29, 0.717) is 10.6 Å². The molecule has 1 saturated heterocycles. The fourth-order valence-corrected chi connectivity index (χ4v) is 3.64. The normalized spacial score (nSPS) is 15.4. The van der Waals surface area contributed by atoms with Gasteiger partial charge in [0.05, 0.1) is 4.91 Å². The maximum atomic E-state index is 12.6. The monoisotopic (exact) mass is 394 g/mol. The van der Waals surface area contributed by atoms with E-state index in [9.17, 15) is 14.4 Å². The van der Waals surface area contributed by atoms with Gasteiger partial charge in [-0.1, -0.05) is 37.3 Å². The predicted octanol–water partition coefficient (Wildman–Crippen LogP) is 4.54. The number of rotatable bonds is 5. The van der Waals surface area contributed by atoms with Crippen LogP contribution in [0.5, 0.6) is 0 Å². The van der Waals surface area contributed by atoms with Crippen molar-refractivity contribution in [1.82, 2.24) is 4.90 Å². The zero-order valence-corrected chi connectivity index (χ0v) is 16.9. The predicted molar refractivity (Wildman–Crippen MR) is 113 cm³/mol. The number of hydrogen-bond acceptors (Lipinski definition) is 4. The summed E-state index contributed by atoms with van der Waals surface area (Å²) in [4.78, 5) is 38.4. The van der Waals surface area contributed by atoms with Crippen molar-refractivity contribution in [3.05, 3.63) is 69.6 Å². The van der Waals surface area contributed by atoms with E-state index in [4.69, 9.17) is 0 Å². The summed E-state index contributed by atoms with van der Waals surface area (Å²) >= 11 is 0.858. The molecule has 0 unspecified atom stereocenters. The summed E-state index contributed by atoms with van der Waals surface area (Å²) in [7, 11) is 0. The van der Waals surface area contributed by atoms with Crippen LogP contribution in [-0.2, 0) is 16.0 Å². The summed E-state index contributed by atoms with van der Waals surface area (Å²) in [6.07, 6.45) is 2.62. The van der Waals surface area contributed by atoms with Gasteiger partial charge >= 0.3 is 0 Å². The van der Waals surface area contributed by atoms with Gasteiger partial charge in [-0.2, -0.15) is 0 Å². The van der Waals surface area contributed by atoms with Crippen molar-refractivity contribution in [3.8, 4) is 0 Å². The Balaban J connectivity index is 1.68. The molecule has 1 fully saturated rings. The minimum atomic E-state index is -0.440. The van der Waals surface area contributed by atoms with Crippen molar-refractivity contribution in [2.45, 2.75) is 27.2 Å². The van der Waals surface area contributed by atoms with Crippen LogP contribution in [0.3, 0.4) is 0 Å². The Morgan fingerprint density at radius 1 is 1.07 bits per heavy atom. The molecule has 0 bridgehead atoms. The van der Waals surface area contributed by atoms with Crippen LogP contribution in [0.4, 0.5) is 10.5 Å². The quantitative estimate of drug-likeness (QED) is 0.756. The van der Waals surface area contributed by atoms with Crippen molar-refractivity contribution in [2.75, 3.05) is 11.9 Å². The highest BCUT2D eigenvalue weighted by Crippen LogP contribution is 2.32. The molecule has 144 valence electrons. The smallest absolute Gasteiger partial charge is 0.294 e. The van der Waals surface area contributed by atoms with Gasteiger partial charge in [0.2, 0.25) is 5.91 Å². The number of nitrogens with zero attached hydrogens (tertiary/aromatic N) is 1. The highest BCUT2D eigenvalue weighted by atomic mass is 32.2. The molecule has 3 rings (SSSR count). The lowest BCUT2D eigenvalue weighted by atomic mass is 10.1. The molecule has 1 aliphatic rings. The molecule has 28 heavy (non-hydrogen) atoms. The van der Waals surface area contributed by atoms with Crippen molar-refractivity contribution >= 4 is 40.6 Å². The van der Waals surface area contributed by atoms with Crippen LogP contribution >= 0.6 is 11.8 Å². The number of carbonyl (C=O) groups is 3. The summed E-state index contributed by atoms with van der Waals surface area (Å²) in [5.41, 5.74) is 4.88. The SMILES string of the molecule is CCc1ccc(/C=C2\SC(=O)N(CC(=O)Nc3ccc(C)c(C)c3)C2=O)cc1. The van der Waals surface area contributed by atoms with Crippen LogP contribution < -0.4 is 5.32 Å². The van der Waals surface area contributed by atoms with Crippen LogP contribution in [0.1, 0.15) is 29.2 Å². The first-order valence-electron chi connectivity index (χ1n) is 9.09. The number of hydrogen-bond donors (Lipinski definition) is 1. The van der Waals surface area contributed by atoms with E-state index in [-0.39, 0.29) is 6.54 Å². The average Bonchev–Trinajstić information content (AvgIpc) is 2.93. The van der Waals surface area contributed by atoms with Gasteiger partial charge in [-0.05, 0) is 72.5 Å². The molecule has 2 aromatic carbocycles. The molecule has 0 radical (unpaired) electrons. The third-order valence-electron chi connectivity index (χ3n) is 4.65. The standard InChI is InChI=1S/C22H22N2O3S/c1-4-16-6-8-17(9-7-16)12-19-21(26)24(22(27)28-19)13-20(25)23-18-10-5-14(2)15(3)11-18/h5-12H,4,13H2,1-3H3,(H,23,25)/b19-12-. The Bertz CT molecular complexity index is 964. The van der Waals surface area contributed by atoms with Crippen molar-refractivity contribution in [3.63, 3.8) is 0 Å². The largest absolute Gasteiger partial charge is 0.325 e. The molecule has 0 atom stereocenters. The second-order valence-corrected chi connectivity index (χ2v) is 7.70. The number of thioether (sulfide) groups is 1. The van der Waals surface area contributed by atoms with Gasteiger partial charge in [0.1, 0.15) is 6.54 Å². The summed E-state index contributed by atoms with van der Waals surface area (Å²) in [5.74, 6) is -0.844. The van der Waals surface area contributed by atoms with Crippen molar-refractivity contribution < 1.29 is 14.4 Å². The maximum absolute atomic E-state index is 12.6. The topological polar surface area (TPSA) is 66.5 Å². The van der Waals surface area contributed by atoms with Crippen LogP contribution in [0.25, 0.3) is 6.08 Å². The van der Waals surface area contributed by atoms with E-state index < -0.39 is 17.1 Å². The highest BCUT2D eigenvalue weighted by Gasteiger charge is 2.36. The minimum absolute atomic E-state index is 0.302. The molecule has 1 N–H and O–H groups in total. The highest BCUT2D eigenvalue weighted by molar-refractivity contribution is 8.18. The second-order valence-electron chi connectivity index (χ2n) is 6.71. The lowest BCUT2D eigenvalue weighted by Crippen LogP contribution is -2.36. The Labute approximate surface area is 168 Å². The first-order chi connectivity index (χ1) is 13.4. The number of benzene rings is 2. The number of amides is 3. The molecule has 0 saturated carbocycles. The average molecular weight is 394 g/mol. The zero-order chi connectivity index (χ0) is 20.3. The number of aryl methyl sites for hydroxylation is 3. The lowest BCUT2D eigenvalue weighted by Gasteiger charge is -2.13. The summed E-state index contributed by atoms with van der Waals surface area (Å²) in [6.45, 7) is 5.72. The summed E-state index contributed by atoms with van der Waals surface area (Å²) < 4.78 is 0. The molecule has 1 heterocycles. The van der Waals surface area contributed by atoms with Crippen molar-refractivity contribution in [2.24, 2.45) is 0 Å². The van der Waals surface area contributed by atoms with Crippen LogP contribution in [0, 0.1) is 13.8 Å². The molecule has 6 heteroatoms. The lowest BCUT2D eigenvalue weighted by molar-refractivity contribution is -0.127. The number of anilines is 1. The van der Waals surface area contributed by atoms with Gasteiger partial charge in [0, 0.05) is 5.69 Å². The van der Waals surface area contributed by atoms with Gasteiger partial charge in [-0.15, -0.1) is 0 Å². The van der Waals surface area contributed by atoms with Crippen molar-refractivity contribution in [1.29, 1.82) is 0 Å². The maximum Gasteiger partial charge on any atom is 0.294 e. The molecule has 0 aromatic heterocycles. The molecule has 0 spiro atoms. The first kappa shape index (κ1) is 19.9. The van der Waals surface area contributed by atoms with Crippen LogP contribution in [-0.4, -0.2) is 28.5 Å². The van der Waals surface area contributed by atoms with Gasteiger partial charge in [0.15, 0.2) is 0 Å². The van der Waals surface area contributed by atoms with Gasteiger partial charge in [-0.25, -0.2) is 0 Å². The fraction of sp³-hybridized carbons (Fsp3) is 0.227. The molecule has 3 amide bonds. The van der Waals surface area contributed by atoms with Crippen LogP contribution in [0.15, 0.2) is 47.4 Å². The van der Waals surface area contributed by atoms with E-state index in [0.717, 1.165) is 39.8 Å². The third-order valence-corrected chi connectivity index (χ3v) is 5.56. The second kappa shape index (κ2) is 8.44. The van der Waals surface area contributed by atoms with Gasteiger partial charge < -0.3 is 5.32 Å². The Hall–Kier alpha value is -2.86. The molecular formula is C22H22N2O3S. The molecular weight excluding hydrogens is 372 g/mol. The third kappa shape index (κ3) is 4.51. The van der Waals surface area contributed by atoms with Gasteiger partial charge in [0.25, 0.3) is 11.1 Å². The number of imide groups is 1.